The van der Waals surface area contributed by atoms with Gasteiger partial charge in [-0.25, -0.2) is 35.6 Å². The first-order valence-corrected chi connectivity index (χ1v) is 19.1. The third-order valence-electron chi connectivity index (χ3n) is 7.70. The van der Waals surface area contributed by atoms with E-state index < -0.39 is 69.3 Å². The second kappa shape index (κ2) is 15.0. The van der Waals surface area contributed by atoms with Gasteiger partial charge in [0.1, 0.15) is 31.8 Å². The van der Waals surface area contributed by atoms with Crippen molar-refractivity contribution in [3.05, 3.63) is 94.6 Å². The number of nitrogens with one attached hydrogen (secondary N) is 2. The van der Waals surface area contributed by atoms with Crippen LogP contribution in [0.15, 0.2) is 76.7 Å². The van der Waals surface area contributed by atoms with Crippen LogP contribution in [0.1, 0.15) is 64.6 Å². The molecule has 0 aliphatic carbocycles. The standard InChI is InChI=1S/C18H23FN2O3S2.C16H14F4N2O3S/c1-11-14(17(2,3)4)25-16(20-11)21-15(22)18(5,6)26(23,24)13-9-7-8-12(19)10-13;1-15(2,26(24,25)12-6-4-3-5-11(12)17)14(23)22-13-8-7-10(9-21-13)16(18,19)20/h7-10H,1-6H3,(H,20,21,22);3-9H,1-2H3,(H,21,22,23). The molecule has 0 bridgehead atoms. The molecule has 282 valence electrons. The minimum atomic E-state index is -4.59. The SMILES string of the molecule is CC(C)(C(=O)Nc1ccc(C(F)(F)F)cn1)S(=O)(=O)c1ccccc1F.Cc1nc(NC(=O)C(C)(C)S(=O)(=O)c2cccc(F)c2)sc1C(C)(C)C. The van der Waals surface area contributed by atoms with Crippen LogP contribution >= 0.6 is 11.3 Å². The van der Waals surface area contributed by atoms with Crippen molar-refractivity contribution < 1.29 is 48.4 Å². The molecule has 2 aromatic carbocycles. The fourth-order valence-electron chi connectivity index (χ4n) is 4.41. The third-order valence-corrected chi connectivity index (χ3v) is 14.0. The van der Waals surface area contributed by atoms with Crippen LogP contribution in [0.5, 0.6) is 0 Å². The zero-order valence-electron chi connectivity index (χ0n) is 29.3. The number of nitrogens with zero attached hydrogens (tertiary/aromatic N) is 2. The Labute approximate surface area is 302 Å². The summed E-state index contributed by atoms with van der Waals surface area (Å²) in [4.78, 5) is 33.0. The van der Waals surface area contributed by atoms with Gasteiger partial charge < -0.3 is 10.6 Å². The van der Waals surface area contributed by atoms with Crippen LogP contribution in [-0.2, 0) is 40.9 Å². The molecule has 2 heterocycles. The van der Waals surface area contributed by atoms with Gasteiger partial charge in [-0.05, 0) is 82.5 Å². The van der Waals surface area contributed by atoms with E-state index in [9.17, 15) is 48.4 Å². The third kappa shape index (κ3) is 9.01. The second-order valence-electron chi connectivity index (χ2n) is 13.4. The lowest BCUT2D eigenvalue weighted by molar-refractivity contribution is -0.137. The van der Waals surface area contributed by atoms with Crippen molar-refractivity contribution in [1.82, 2.24) is 9.97 Å². The number of carbonyl (C=O) groups excluding carboxylic acids is 2. The van der Waals surface area contributed by atoms with E-state index in [1.54, 1.807) is 0 Å². The van der Waals surface area contributed by atoms with Gasteiger partial charge in [-0.1, -0.05) is 39.0 Å². The van der Waals surface area contributed by atoms with E-state index in [4.69, 9.17) is 0 Å². The first-order chi connectivity index (χ1) is 23.6. The molecular formula is C34H37F5N4O6S3. The van der Waals surface area contributed by atoms with Crippen molar-refractivity contribution in [1.29, 1.82) is 0 Å². The van der Waals surface area contributed by atoms with Gasteiger partial charge in [0.15, 0.2) is 24.8 Å². The first-order valence-electron chi connectivity index (χ1n) is 15.3. The number of hydrogen-bond donors (Lipinski definition) is 2. The maximum atomic E-state index is 13.8. The monoisotopic (exact) mass is 788 g/mol. The van der Waals surface area contributed by atoms with Gasteiger partial charge in [-0.2, -0.15) is 13.2 Å². The molecule has 18 heteroatoms. The summed E-state index contributed by atoms with van der Waals surface area (Å²) < 4.78 is 112. The van der Waals surface area contributed by atoms with Crippen LogP contribution in [0.2, 0.25) is 0 Å². The average molecular weight is 789 g/mol. The number of benzene rings is 2. The maximum absolute atomic E-state index is 13.8. The Hall–Kier alpha value is -4.29. The largest absolute Gasteiger partial charge is 0.417 e. The number of alkyl halides is 3. The van der Waals surface area contributed by atoms with Crippen molar-refractivity contribution in [3.8, 4) is 0 Å². The summed E-state index contributed by atoms with van der Waals surface area (Å²) in [5.74, 6) is -3.72. The predicted octanol–water partition coefficient (Wildman–Crippen LogP) is 7.51. The normalized spacial score (nSPS) is 12.8. The fourth-order valence-corrected chi connectivity index (χ4v) is 8.26. The number of amides is 2. The van der Waals surface area contributed by atoms with Crippen LogP contribution < -0.4 is 10.6 Å². The zero-order chi connectivity index (χ0) is 39.7. The smallest absolute Gasteiger partial charge is 0.309 e. The van der Waals surface area contributed by atoms with Crippen LogP contribution in [0.4, 0.5) is 32.9 Å². The Kier molecular flexibility index (Phi) is 12.1. The summed E-state index contributed by atoms with van der Waals surface area (Å²) in [6.45, 7) is 12.7. The molecule has 4 rings (SSSR count). The number of anilines is 2. The minimum Gasteiger partial charge on any atom is -0.309 e. The molecule has 0 saturated heterocycles. The summed E-state index contributed by atoms with van der Waals surface area (Å²) in [5.41, 5.74) is -0.356. The van der Waals surface area contributed by atoms with Gasteiger partial charge in [0.05, 0.1) is 16.2 Å². The van der Waals surface area contributed by atoms with Crippen molar-refractivity contribution in [2.45, 2.75) is 86.3 Å². The van der Waals surface area contributed by atoms with Gasteiger partial charge in [-0.15, -0.1) is 11.3 Å². The number of carbonyl (C=O) groups is 2. The van der Waals surface area contributed by atoms with Crippen molar-refractivity contribution >= 4 is 53.8 Å². The van der Waals surface area contributed by atoms with E-state index in [0.717, 1.165) is 54.8 Å². The molecule has 4 aromatic rings. The highest BCUT2D eigenvalue weighted by Crippen LogP contribution is 2.35. The lowest BCUT2D eigenvalue weighted by Gasteiger charge is -2.24. The van der Waals surface area contributed by atoms with E-state index in [0.29, 0.717) is 17.4 Å². The summed E-state index contributed by atoms with van der Waals surface area (Å²) >= 11 is 1.32. The molecule has 0 unspecified atom stereocenters. The minimum absolute atomic E-state index is 0.131. The predicted molar refractivity (Wildman–Crippen MR) is 187 cm³/mol. The van der Waals surface area contributed by atoms with E-state index >= 15 is 0 Å². The Bertz CT molecular complexity index is 2180. The number of aromatic nitrogens is 2. The summed E-state index contributed by atoms with van der Waals surface area (Å²) in [7, 11) is -8.50. The first kappa shape index (κ1) is 42.1. The van der Waals surface area contributed by atoms with Crippen LogP contribution in [0.3, 0.4) is 0 Å². The molecule has 2 aromatic heterocycles. The lowest BCUT2D eigenvalue weighted by atomic mass is 9.94. The molecular weight excluding hydrogens is 752 g/mol. The number of thiazole rings is 1. The summed E-state index contributed by atoms with van der Waals surface area (Å²) in [5, 5.41) is 5.09. The van der Waals surface area contributed by atoms with E-state index in [2.05, 4.69) is 20.6 Å². The molecule has 0 aliphatic heterocycles. The van der Waals surface area contributed by atoms with Crippen LogP contribution in [0.25, 0.3) is 0 Å². The Morgan fingerprint density at radius 2 is 1.33 bits per heavy atom. The van der Waals surface area contributed by atoms with Gasteiger partial charge in [0.2, 0.25) is 11.8 Å². The number of rotatable bonds is 8. The quantitative estimate of drug-likeness (QED) is 0.174. The van der Waals surface area contributed by atoms with Crippen molar-refractivity contribution in [3.63, 3.8) is 0 Å². The topological polar surface area (TPSA) is 152 Å². The van der Waals surface area contributed by atoms with Gasteiger partial charge >= 0.3 is 6.18 Å². The van der Waals surface area contributed by atoms with E-state index in [-0.39, 0.29) is 16.1 Å². The molecule has 2 N–H and O–H groups in total. The van der Waals surface area contributed by atoms with E-state index in [1.807, 2.05) is 27.7 Å². The van der Waals surface area contributed by atoms with Gasteiger partial charge in [-0.3, -0.25) is 9.59 Å². The zero-order valence-corrected chi connectivity index (χ0v) is 31.8. The maximum Gasteiger partial charge on any atom is 0.417 e. The number of hydrogen-bond acceptors (Lipinski definition) is 9. The number of pyridine rings is 1. The van der Waals surface area contributed by atoms with Crippen molar-refractivity contribution in [2.24, 2.45) is 0 Å². The molecule has 10 nitrogen and oxygen atoms in total. The summed E-state index contributed by atoms with van der Waals surface area (Å²) in [6.07, 6.45) is -4.09. The number of aryl methyl sites for hydroxylation is 1. The Balaban J connectivity index is 0.000000280. The van der Waals surface area contributed by atoms with Gasteiger partial charge in [0.25, 0.3) is 0 Å². The van der Waals surface area contributed by atoms with Crippen LogP contribution in [-0.4, -0.2) is 48.1 Å². The molecule has 0 fully saturated rings. The molecule has 0 aliphatic rings. The molecule has 0 atom stereocenters. The Morgan fingerprint density at radius 3 is 1.83 bits per heavy atom. The highest BCUT2D eigenvalue weighted by atomic mass is 32.2. The number of halogens is 5. The molecule has 0 saturated carbocycles. The van der Waals surface area contributed by atoms with Gasteiger partial charge in [0, 0.05) is 11.1 Å². The van der Waals surface area contributed by atoms with E-state index in [1.165, 1.54) is 49.4 Å². The number of sulfone groups is 2. The Morgan fingerprint density at radius 1 is 0.750 bits per heavy atom. The van der Waals surface area contributed by atoms with Crippen LogP contribution in [0, 0.1) is 18.6 Å². The lowest BCUT2D eigenvalue weighted by Crippen LogP contribution is -2.44. The average Bonchev–Trinajstić information content (AvgIpc) is 3.41. The fraction of sp³-hybridized carbons (Fsp3) is 0.353. The second-order valence-corrected chi connectivity index (χ2v) is 19.4. The molecule has 2 amide bonds. The molecule has 0 radical (unpaired) electrons. The highest BCUT2D eigenvalue weighted by molar-refractivity contribution is 7.94. The molecule has 52 heavy (non-hydrogen) atoms. The van der Waals surface area contributed by atoms with Crippen molar-refractivity contribution in [2.75, 3.05) is 10.6 Å². The molecule has 0 spiro atoms. The summed E-state index contributed by atoms with van der Waals surface area (Å²) in [6, 6.07) is 10.8. The highest BCUT2D eigenvalue weighted by Gasteiger charge is 2.45.